The molecule has 0 spiro atoms. The normalized spacial score (nSPS) is 17.7. The van der Waals surface area contributed by atoms with E-state index in [4.69, 9.17) is 4.74 Å². The van der Waals surface area contributed by atoms with E-state index in [2.05, 4.69) is 16.7 Å². The van der Waals surface area contributed by atoms with Crippen molar-refractivity contribution >= 4 is 12.0 Å². The number of rotatable bonds is 5. The largest absolute Gasteiger partial charge is 0.444 e. The van der Waals surface area contributed by atoms with Gasteiger partial charge in [-0.1, -0.05) is 25.0 Å². The number of hydrogen-bond acceptors (Lipinski definition) is 3. The zero-order valence-corrected chi connectivity index (χ0v) is 13.6. The lowest BCUT2D eigenvalue weighted by Crippen LogP contribution is -2.47. The van der Waals surface area contributed by atoms with E-state index in [1.807, 2.05) is 6.08 Å². The molecule has 2 N–H and O–H groups in total. The monoisotopic (exact) mass is 296 g/mol. The van der Waals surface area contributed by atoms with Crippen LogP contribution in [-0.4, -0.2) is 30.7 Å². The summed E-state index contributed by atoms with van der Waals surface area (Å²) in [6.07, 6.45) is 9.09. The average molecular weight is 296 g/mol. The van der Waals surface area contributed by atoms with Crippen LogP contribution in [0.2, 0.25) is 0 Å². The predicted octanol–water partition coefficient (Wildman–Crippen LogP) is 2.76. The van der Waals surface area contributed by atoms with Crippen molar-refractivity contribution < 1.29 is 14.3 Å². The second-order valence-electron chi connectivity index (χ2n) is 6.52. The predicted molar refractivity (Wildman–Crippen MR) is 82.9 cm³/mol. The summed E-state index contributed by atoms with van der Waals surface area (Å²) < 4.78 is 5.19. The van der Waals surface area contributed by atoms with Crippen molar-refractivity contribution in [2.24, 2.45) is 5.92 Å². The highest BCUT2D eigenvalue weighted by atomic mass is 16.6. The van der Waals surface area contributed by atoms with Crippen molar-refractivity contribution in [3.8, 4) is 0 Å². The second kappa shape index (κ2) is 8.05. The molecule has 1 saturated carbocycles. The lowest BCUT2D eigenvalue weighted by Gasteiger charge is -2.22. The lowest BCUT2D eigenvalue weighted by molar-refractivity contribution is -0.122. The maximum atomic E-state index is 11.8. The van der Waals surface area contributed by atoms with E-state index in [0.717, 1.165) is 0 Å². The number of hydrogen-bond donors (Lipinski definition) is 2. The third-order valence-electron chi connectivity index (χ3n) is 3.43. The van der Waals surface area contributed by atoms with Gasteiger partial charge in [-0.2, -0.15) is 0 Å². The SMILES string of the molecule is CNC(=O)[C@H](CC=CC1CCCC1)NC(=O)OC(C)(C)C. The maximum absolute atomic E-state index is 11.8. The van der Waals surface area contributed by atoms with Crippen LogP contribution in [0.4, 0.5) is 4.79 Å². The fourth-order valence-electron chi connectivity index (χ4n) is 2.41. The van der Waals surface area contributed by atoms with Crippen LogP contribution in [-0.2, 0) is 9.53 Å². The molecule has 0 radical (unpaired) electrons. The number of nitrogens with one attached hydrogen (secondary N) is 2. The van der Waals surface area contributed by atoms with Gasteiger partial charge in [-0.05, 0) is 46.0 Å². The van der Waals surface area contributed by atoms with E-state index >= 15 is 0 Å². The van der Waals surface area contributed by atoms with Crippen molar-refractivity contribution in [1.29, 1.82) is 0 Å². The Bertz CT molecular complexity index is 379. The van der Waals surface area contributed by atoms with Gasteiger partial charge in [-0.15, -0.1) is 0 Å². The van der Waals surface area contributed by atoms with E-state index in [0.29, 0.717) is 12.3 Å². The molecular formula is C16H28N2O3. The first-order chi connectivity index (χ1) is 9.81. The van der Waals surface area contributed by atoms with Crippen molar-refractivity contribution in [2.45, 2.75) is 64.5 Å². The van der Waals surface area contributed by atoms with Crippen LogP contribution in [0.5, 0.6) is 0 Å². The Balaban J connectivity index is 2.51. The Morgan fingerprint density at radius 1 is 1.29 bits per heavy atom. The average Bonchev–Trinajstić information content (AvgIpc) is 2.87. The Hall–Kier alpha value is -1.52. The van der Waals surface area contributed by atoms with Gasteiger partial charge in [0.05, 0.1) is 0 Å². The van der Waals surface area contributed by atoms with Gasteiger partial charge in [0.15, 0.2) is 0 Å². The number of carbonyl (C=O) groups excluding carboxylic acids is 2. The van der Waals surface area contributed by atoms with E-state index < -0.39 is 17.7 Å². The minimum Gasteiger partial charge on any atom is -0.444 e. The summed E-state index contributed by atoms with van der Waals surface area (Å²) in [4.78, 5) is 23.6. The molecule has 0 bridgehead atoms. The minimum absolute atomic E-state index is 0.211. The fraction of sp³-hybridized carbons (Fsp3) is 0.750. The highest BCUT2D eigenvalue weighted by Crippen LogP contribution is 2.25. The van der Waals surface area contributed by atoms with Gasteiger partial charge < -0.3 is 15.4 Å². The summed E-state index contributed by atoms with van der Waals surface area (Å²) in [5, 5.41) is 5.19. The summed E-state index contributed by atoms with van der Waals surface area (Å²) in [7, 11) is 1.56. The van der Waals surface area contributed by atoms with Crippen LogP contribution in [0.1, 0.15) is 52.9 Å². The van der Waals surface area contributed by atoms with Crippen LogP contribution < -0.4 is 10.6 Å². The van der Waals surface area contributed by atoms with Crippen molar-refractivity contribution in [2.75, 3.05) is 7.05 Å². The number of allylic oxidation sites excluding steroid dienone is 1. The smallest absolute Gasteiger partial charge is 0.408 e. The number of ether oxygens (including phenoxy) is 1. The van der Waals surface area contributed by atoms with Crippen molar-refractivity contribution in [1.82, 2.24) is 10.6 Å². The zero-order chi connectivity index (χ0) is 15.9. The summed E-state index contributed by atoms with van der Waals surface area (Å²) in [6.45, 7) is 5.38. The standard InChI is InChI=1S/C16H28N2O3/c1-16(2,3)21-15(20)18-13(14(19)17-4)11-7-10-12-8-5-6-9-12/h7,10,12-13H,5-6,8-9,11H2,1-4H3,(H,17,19)(H,18,20)/t13-/m0/s1. The topological polar surface area (TPSA) is 67.4 Å². The minimum atomic E-state index is -0.595. The third kappa shape index (κ3) is 7.16. The third-order valence-corrected chi connectivity index (χ3v) is 3.43. The van der Waals surface area contributed by atoms with E-state index in [-0.39, 0.29) is 5.91 Å². The number of carbonyl (C=O) groups is 2. The summed E-state index contributed by atoms with van der Waals surface area (Å²) >= 11 is 0. The van der Waals surface area contributed by atoms with Gasteiger partial charge in [-0.3, -0.25) is 4.79 Å². The molecule has 5 heteroatoms. The van der Waals surface area contributed by atoms with Crippen LogP contribution in [0.25, 0.3) is 0 Å². The van der Waals surface area contributed by atoms with Crippen LogP contribution in [0.15, 0.2) is 12.2 Å². The molecule has 5 nitrogen and oxygen atoms in total. The van der Waals surface area contributed by atoms with Gasteiger partial charge >= 0.3 is 6.09 Å². The van der Waals surface area contributed by atoms with Gasteiger partial charge in [-0.25, -0.2) is 4.79 Å². The van der Waals surface area contributed by atoms with Crippen LogP contribution in [0, 0.1) is 5.92 Å². The Kier molecular flexibility index (Phi) is 6.72. The number of alkyl carbamates (subject to hydrolysis) is 1. The van der Waals surface area contributed by atoms with Gasteiger partial charge in [0.1, 0.15) is 11.6 Å². The Labute approximate surface area is 127 Å². The summed E-state index contributed by atoms with van der Waals surface area (Å²) in [5.41, 5.74) is -0.572. The molecule has 0 aromatic rings. The summed E-state index contributed by atoms with van der Waals surface area (Å²) in [6, 6.07) is -0.595. The van der Waals surface area contributed by atoms with Gasteiger partial charge in [0.2, 0.25) is 5.91 Å². The molecule has 1 aliphatic carbocycles. The quantitative estimate of drug-likeness (QED) is 0.767. The Morgan fingerprint density at radius 2 is 1.90 bits per heavy atom. The molecule has 120 valence electrons. The highest BCUT2D eigenvalue weighted by molar-refractivity contribution is 5.85. The molecule has 1 atom stereocenters. The molecule has 0 aromatic carbocycles. The second-order valence-corrected chi connectivity index (χ2v) is 6.52. The van der Waals surface area contributed by atoms with Crippen molar-refractivity contribution in [3.63, 3.8) is 0 Å². The van der Waals surface area contributed by atoms with Crippen LogP contribution in [0.3, 0.4) is 0 Å². The highest BCUT2D eigenvalue weighted by Gasteiger charge is 2.23. The van der Waals surface area contributed by atoms with E-state index in [1.165, 1.54) is 25.7 Å². The lowest BCUT2D eigenvalue weighted by atomic mass is 10.1. The molecule has 1 aliphatic rings. The molecule has 0 heterocycles. The molecule has 2 amide bonds. The molecular weight excluding hydrogens is 268 g/mol. The van der Waals surface area contributed by atoms with Gasteiger partial charge in [0, 0.05) is 7.05 Å². The van der Waals surface area contributed by atoms with Crippen LogP contribution >= 0.6 is 0 Å². The fourth-order valence-corrected chi connectivity index (χ4v) is 2.41. The first-order valence-corrected chi connectivity index (χ1v) is 7.69. The number of likely N-dealkylation sites (N-methyl/N-ethyl adjacent to an activating group) is 1. The molecule has 1 rings (SSSR count). The van der Waals surface area contributed by atoms with E-state index in [9.17, 15) is 9.59 Å². The van der Waals surface area contributed by atoms with E-state index in [1.54, 1.807) is 27.8 Å². The first kappa shape index (κ1) is 17.5. The molecule has 0 aromatic heterocycles. The maximum Gasteiger partial charge on any atom is 0.408 e. The molecule has 0 unspecified atom stereocenters. The van der Waals surface area contributed by atoms with Gasteiger partial charge in [0.25, 0.3) is 0 Å². The molecule has 1 fully saturated rings. The summed E-state index contributed by atoms with van der Waals surface area (Å²) in [5.74, 6) is 0.411. The van der Waals surface area contributed by atoms with Crippen molar-refractivity contribution in [3.05, 3.63) is 12.2 Å². The molecule has 0 aliphatic heterocycles. The zero-order valence-electron chi connectivity index (χ0n) is 13.6. The molecule has 0 saturated heterocycles. The Morgan fingerprint density at radius 3 is 2.43 bits per heavy atom. The number of amides is 2. The molecule has 21 heavy (non-hydrogen) atoms. The first-order valence-electron chi connectivity index (χ1n) is 7.69.